The summed E-state index contributed by atoms with van der Waals surface area (Å²) in [4.78, 5) is 35.0. The zero-order valence-corrected chi connectivity index (χ0v) is 11.2. The van der Waals surface area contributed by atoms with Crippen LogP contribution in [-0.4, -0.2) is 44.1 Å². The third-order valence-electron chi connectivity index (χ3n) is 2.45. The van der Waals surface area contributed by atoms with E-state index in [1.54, 1.807) is 0 Å². The van der Waals surface area contributed by atoms with Crippen molar-refractivity contribution >= 4 is 23.7 Å². The van der Waals surface area contributed by atoms with Crippen molar-refractivity contribution in [1.82, 2.24) is 10.2 Å². The predicted octanol–water partition coefficient (Wildman–Crippen LogP) is 1.42. The summed E-state index contributed by atoms with van der Waals surface area (Å²) in [7, 11) is 3.75. The monoisotopic (exact) mass is 283 g/mol. The number of carbonyl (C=O) groups excluding carboxylic acids is 3. The lowest BCUT2D eigenvalue weighted by atomic mass is 10.2. The molecule has 0 aliphatic carbocycles. The average molecular weight is 283 g/mol. The molecule has 108 valence electrons. The minimum absolute atomic E-state index is 0.0757. The molecule has 0 saturated heterocycles. The number of imide groups is 1. The number of benzene rings is 1. The molecular weight excluding hydrogens is 269 g/mol. The maximum Gasteiger partial charge on any atom is 0.337 e. The van der Waals surface area contributed by atoms with Crippen molar-refractivity contribution in [3.8, 4) is 0 Å². The molecule has 0 aliphatic heterocycles. The van der Waals surface area contributed by atoms with E-state index in [9.17, 15) is 18.8 Å². The van der Waals surface area contributed by atoms with E-state index in [0.29, 0.717) is 0 Å². The van der Waals surface area contributed by atoms with Crippen LogP contribution in [0.3, 0.4) is 0 Å². The van der Waals surface area contributed by atoms with Crippen LogP contribution in [0.4, 0.5) is 19.7 Å². The summed E-state index contributed by atoms with van der Waals surface area (Å²) in [6.45, 7) is 0. The van der Waals surface area contributed by atoms with Crippen LogP contribution >= 0.6 is 0 Å². The Balaban J connectivity index is 2.94. The molecule has 8 heteroatoms. The molecule has 0 aromatic heterocycles. The molecule has 0 unspecified atom stereocenters. The van der Waals surface area contributed by atoms with Gasteiger partial charge in [0, 0.05) is 14.1 Å². The fraction of sp³-hybridized carbons (Fsp3) is 0.250. The molecule has 0 bridgehead atoms. The first-order valence-electron chi connectivity index (χ1n) is 5.55. The molecule has 7 nitrogen and oxygen atoms in total. The van der Waals surface area contributed by atoms with Gasteiger partial charge >= 0.3 is 18.0 Å². The van der Waals surface area contributed by atoms with Gasteiger partial charge in [0.15, 0.2) is 0 Å². The van der Waals surface area contributed by atoms with E-state index < -0.39 is 23.8 Å². The first kappa shape index (κ1) is 15.4. The van der Waals surface area contributed by atoms with Crippen LogP contribution in [0.25, 0.3) is 0 Å². The van der Waals surface area contributed by atoms with Crippen LogP contribution in [0.1, 0.15) is 10.4 Å². The molecule has 0 saturated carbocycles. The number of methoxy groups -OCH3 is 1. The quantitative estimate of drug-likeness (QED) is 0.803. The van der Waals surface area contributed by atoms with Crippen molar-refractivity contribution in [1.29, 1.82) is 0 Å². The van der Waals surface area contributed by atoms with Crippen LogP contribution in [0.15, 0.2) is 18.2 Å². The van der Waals surface area contributed by atoms with Crippen LogP contribution in [0, 0.1) is 5.82 Å². The minimum Gasteiger partial charge on any atom is -0.465 e. The number of hydrogen-bond acceptors (Lipinski definition) is 4. The van der Waals surface area contributed by atoms with E-state index >= 15 is 0 Å². The molecule has 1 aromatic rings. The van der Waals surface area contributed by atoms with Crippen LogP contribution in [0.5, 0.6) is 0 Å². The summed E-state index contributed by atoms with van der Waals surface area (Å²) in [6, 6.07) is 1.86. The second-order valence-electron chi connectivity index (χ2n) is 3.73. The summed E-state index contributed by atoms with van der Waals surface area (Å²) in [5.41, 5.74) is -0.152. The Kier molecular flexibility index (Phi) is 5.01. The normalized spacial score (nSPS) is 9.60. The second kappa shape index (κ2) is 6.50. The fourth-order valence-electron chi connectivity index (χ4n) is 1.32. The largest absolute Gasteiger partial charge is 0.465 e. The Morgan fingerprint density at radius 2 is 1.90 bits per heavy atom. The van der Waals surface area contributed by atoms with Crippen molar-refractivity contribution in [2.24, 2.45) is 0 Å². The standard InChI is InChI=1S/C12H14FN3O4/c1-14-11(18)16(2)12(19)15-9-6-7(10(17)20-3)4-5-8(9)13/h4-6H,1-3H3,(H,14,18)(H,15,19). The van der Waals surface area contributed by atoms with Gasteiger partial charge in [-0.15, -0.1) is 0 Å². The van der Waals surface area contributed by atoms with Gasteiger partial charge < -0.3 is 15.4 Å². The van der Waals surface area contributed by atoms with Gasteiger partial charge in [0.05, 0.1) is 18.4 Å². The minimum atomic E-state index is -0.842. The first-order valence-corrected chi connectivity index (χ1v) is 5.55. The molecule has 0 spiro atoms. The predicted molar refractivity (Wildman–Crippen MR) is 69.0 cm³/mol. The summed E-state index contributed by atoms with van der Waals surface area (Å²) in [5, 5.41) is 4.43. The maximum atomic E-state index is 13.6. The van der Waals surface area contributed by atoms with E-state index in [4.69, 9.17) is 0 Å². The van der Waals surface area contributed by atoms with Crippen molar-refractivity contribution in [2.75, 3.05) is 26.5 Å². The second-order valence-corrected chi connectivity index (χ2v) is 3.73. The van der Waals surface area contributed by atoms with Gasteiger partial charge in [-0.1, -0.05) is 0 Å². The van der Waals surface area contributed by atoms with Gasteiger partial charge in [0.25, 0.3) is 0 Å². The fourth-order valence-corrected chi connectivity index (χ4v) is 1.32. The van der Waals surface area contributed by atoms with Crippen LogP contribution < -0.4 is 10.6 Å². The number of anilines is 1. The number of nitrogens with one attached hydrogen (secondary N) is 2. The number of carbonyl (C=O) groups is 3. The van der Waals surface area contributed by atoms with Gasteiger partial charge in [-0.3, -0.25) is 0 Å². The first-order chi connectivity index (χ1) is 9.40. The lowest BCUT2D eigenvalue weighted by molar-refractivity contribution is 0.0600. The Bertz CT molecular complexity index is 548. The van der Waals surface area contributed by atoms with E-state index in [1.165, 1.54) is 27.3 Å². The molecule has 1 aromatic carbocycles. The zero-order chi connectivity index (χ0) is 15.3. The molecule has 0 radical (unpaired) electrons. The highest BCUT2D eigenvalue weighted by atomic mass is 19.1. The molecule has 2 N–H and O–H groups in total. The third kappa shape index (κ3) is 3.44. The Morgan fingerprint density at radius 1 is 1.25 bits per heavy atom. The van der Waals surface area contributed by atoms with E-state index in [2.05, 4.69) is 15.4 Å². The number of amides is 4. The van der Waals surface area contributed by atoms with Crippen LogP contribution in [-0.2, 0) is 4.74 Å². The molecule has 0 aliphatic rings. The number of nitrogens with zero attached hydrogens (tertiary/aromatic N) is 1. The Labute approximate surface area is 114 Å². The summed E-state index contributed by atoms with van der Waals surface area (Å²) in [5.74, 6) is -1.41. The summed E-state index contributed by atoms with van der Waals surface area (Å²) >= 11 is 0. The zero-order valence-electron chi connectivity index (χ0n) is 11.2. The molecule has 0 atom stereocenters. The van der Waals surface area contributed by atoms with Gasteiger partial charge in [0.1, 0.15) is 5.82 Å². The topological polar surface area (TPSA) is 87.7 Å². The van der Waals surface area contributed by atoms with Gasteiger partial charge in [-0.05, 0) is 18.2 Å². The lowest BCUT2D eigenvalue weighted by Crippen LogP contribution is -2.41. The van der Waals surface area contributed by atoms with E-state index in [-0.39, 0.29) is 11.3 Å². The molecule has 20 heavy (non-hydrogen) atoms. The van der Waals surface area contributed by atoms with Gasteiger partial charge in [0.2, 0.25) is 0 Å². The van der Waals surface area contributed by atoms with E-state index in [0.717, 1.165) is 17.0 Å². The number of rotatable bonds is 2. The molecule has 1 rings (SSSR count). The Morgan fingerprint density at radius 3 is 2.45 bits per heavy atom. The van der Waals surface area contributed by atoms with Gasteiger partial charge in [-0.2, -0.15) is 0 Å². The van der Waals surface area contributed by atoms with Crippen molar-refractivity contribution in [2.45, 2.75) is 0 Å². The molecule has 4 amide bonds. The SMILES string of the molecule is CNC(=O)N(C)C(=O)Nc1cc(C(=O)OC)ccc1F. The molecular formula is C12H14FN3O4. The lowest BCUT2D eigenvalue weighted by Gasteiger charge is -2.16. The summed E-state index contributed by atoms with van der Waals surface area (Å²) < 4.78 is 18.0. The smallest absolute Gasteiger partial charge is 0.337 e. The van der Waals surface area contributed by atoms with E-state index in [1.807, 2.05) is 0 Å². The number of urea groups is 2. The number of ether oxygens (including phenoxy) is 1. The third-order valence-corrected chi connectivity index (χ3v) is 2.45. The highest BCUT2D eigenvalue weighted by molar-refractivity contribution is 6.01. The Hall–Kier alpha value is -2.64. The maximum absolute atomic E-state index is 13.6. The van der Waals surface area contributed by atoms with Crippen molar-refractivity contribution in [3.63, 3.8) is 0 Å². The van der Waals surface area contributed by atoms with Crippen LogP contribution in [0.2, 0.25) is 0 Å². The molecule has 0 fully saturated rings. The van der Waals surface area contributed by atoms with Gasteiger partial charge in [-0.25, -0.2) is 23.7 Å². The van der Waals surface area contributed by atoms with Crippen molar-refractivity contribution < 1.29 is 23.5 Å². The number of esters is 1. The van der Waals surface area contributed by atoms with Crippen molar-refractivity contribution in [3.05, 3.63) is 29.6 Å². The number of hydrogen-bond donors (Lipinski definition) is 2. The number of halogens is 1. The molecule has 0 heterocycles. The average Bonchev–Trinajstić information content (AvgIpc) is 2.46. The summed E-state index contributed by atoms with van der Waals surface area (Å²) in [6.07, 6.45) is 0. The highest BCUT2D eigenvalue weighted by Crippen LogP contribution is 2.17. The highest BCUT2D eigenvalue weighted by Gasteiger charge is 2.18.